The molecule has 34 heavy (non-hydrogen) atoms. The molecule has 2 atom stereocenters. The number of fused-ring (bicyclic) bond motifs is 1. The van der Waals surface area contributed by atoms with Gasteiger partial charge in [-0.05, 0) is 63.9 Å². The van der Waals surface area contributed by atoms with Gasteiger partial charge in [0.2, 0.25) is 4.90 Å². The Kier molecular flexibility index (Phi) is 5.77. The first-order valence-corrected chi connectivity index (χ1v) is 12.2. The van der Waals surface area contributed by atoms with E-state index in [0.717, 1.165) is 16.5 Å². The Labute approximate surface area is 197 Å². The SMILES string of the molecule is O=C(NCc1ccc(F)cc1)c1ccc([S+](=O)(O)n2cc(C3C=COC3)c3ccccc32)cc1. The average molecular weight is 478 g/mol. The molecule has 0 saturated heterocycles. The van der Waals surface area contributed by atoms with Gasteiger partial charge in [0.1, 0.15) is 11.3 Å². The molecular formula is C26H22FN2O4S+. The lowest BCUT2D eigenvalue weighted by Crippen LogP contribution is -2.23. The van der Waals surface area contributed by atoms with Crippen molar-refractivity contribution in [3.63, 3.8) is 0 Å². The van der Waals surface area contributed by atoms with Crippen molar-refractivity contribution >= 4 is 27.2 Å². The van der Waals surface area contributed by atoms with Crippen molar-refractivity contribution in [1.82, 2.24) is 9.29 Å². The second-order valence-electron chi connectivity index (χ2n) is 8.03. The van der Waals surface area contributed by atoms with Gasteiger partial charge in [-0.25, -0.2) is 4.39 Å². The summed E-state index contributed by atoms with van der Waals surface area (Å²) in [6.07, 6.45) is 5.29. The van der Waals surface area contributed by atoms with Crippen LogP contribution in [-0.2, 0) is 25.9 Å². The molecule has 1 aliphatic rings. The first-order valence-electron chi connectivity index (χ1n) is 10.7. The number of para-hydroxylation sites is 1. The molecule has 0 aliphatic carbocycles. The van der Waals surface area contributed by atoms with Crippen LogP contribution < -0.4 is 5.32 Å². The van der Waals surface area contributed by atoms with E-state index in [-0.39, 0.29) is 29.1 Å². The standard InChI is InChI=1S/C26H21FN2O4S/c27-21-9-5-18(6-10-21)15-28-26(30)19-7-11-22(12-8-19)34(31,32)29-16-24(20-13-14-33-17-20)23-3-1-2-4-25(23)29/h1-14,16,20H,15,17H2,(H-,28,30,31,32)/p+1. The molecule has 1 aromatic heterocycles. The van der Waals surface area contributed by atoms with Crippen molar-refractivity contribution in [3.05, 3.63) is 114 Å². The largest absolute Gasteiger partial charge is 0.501 e. The molecular weight excluding hydrogens is 455 g/mol. The smallest absolute Gasteiger partial charge is 0.352 e. The summed E-state index contributed by atoms with van der Waals surface area (Å²) in [5.74, 6) is -0.663. The van der Waals surface area contributed by atoms with E-state index in [1.54, 1.807) is 24.6 Å². The minimum absolute atomic E-state index is 0.00790. The lowest BCUT2D eigenvalue weighted by Gasteiger charge is -2.08. The Morgan fingerprint density at radius 2 is 1.82 bits per heavy atom. The molecule has 0 bridgehead atoms. The number of carbonyl (C=O) groups is 1. The first kappa shape index (κ1) is 22.1. The highest BCUT2D eigenvalue weighted by Gasteiger charge is 2.35. The highest BCUT2D eigenvalue weighted by Crippen LogP contribution is 2.34. The number of hydrogen-bond donors (Lipinski definition) is 2. The van der Waals surface area contributed by atoms with Crippen LogP contribution in [-0.4, -0.2) is 21.0 Å². The van der Waals surface area contributed by atoms with Gasteiger partial charge in [-0.3, -0.25) is 4.79 Å². The van der Waals surface area contributed by atoms with Gasteiger partial charge in [0.05, 0.1) is 19.1 Å². The van der Waals surface area contributed by atoms with Crippen LogP contribution in [0.4, 0.5) is 4.39 Å². The molecule has 2 N–H and O–H groups in total. The predicted molar refractivity (Wildman–Crippen MR) is 128 cm³/mol. The van der Waals surface area contributed by atoms with Crippen molar-refractivity contribution in [2.75, 3.05) is 6.61 Å². The third-order valence-corrected chi connectivity index (χ3v) is 7.57. The van der Waals surface area contributed by atoms with Crippen LogP contribution in [0.25, 0.3) is 10.9 Å². The van der Waals surface area contributed by atoms with Gasteiger partial charge in [-0.1, -0.05) is 30.3 Å². The Hall–Kier alpha value is -3.75. The van der Waals surface area contributed by atoms with Crippen LogP contribution in [0, 0.1) is 5.82 Å². The minimum Gasteiger partial charge on any atom is -0.501 e. The molecule has 0 radical (unpaired) electrons. The minimum atomic E-state index is -3.64. The van der Waals surface area contributed by atoms with Crippen LogP contribution in [0.2, 0.25) is 0 Å². The Bertz CT molecular complexity index is 1430. The summed E-state index contributed by atoms with van der Waals surface area (Å²) < 4.78 is 44.5. The Morgan fingerprint density at radius 3 is 2.53 bits per heavy atom. The van der Waals surface area contributed by atoms with Gasteiger partial charge < -0.3 is 10.1 Å². The van der Waals surface area contributed by atoms with Crippen molar-refractivity contribution in [1.29, 1.82) is 0 Å². The van der Waals surface area contributed by atoms with Gasteiger partial charge in [0.15, 0.2) is 0 Å². The average Bonchev–Trinajstić information content (AvgIpc) is 3.52. The normalized spacial score (nSPS) is 16.8. The van der Waals surface area contributed by atoms with E-state index in [0.29, 0.717) is 17.7 Å². The summed E-state index contributed by atoms with van der Waals surface area (Å²) in [5.41, 5.74) is 2.68. The zero-order valence-electron chi connectivity index (χ0n) is 18.1. The van der Waals surface area contributed by atoms with Crippen LogP contribution in [0.1, 0.15) is 27.4 Å². The molecule has 0 saturated carbocycles. The van der Waals surface area contributed by atoms with Crippen molar-refractivity contribution < 1.29 is 22.7 Å². The first-order chi connectivity index (χ1) is 16.4. The zero-order valence-corrected chi connectivity index (χ0v) is 18.9. The number of benzene rings is 3. The van der Waals surface area contributed by atoms with E-state index >= 15 is 0 Å². The number of aromatic nitrogens is 1. The van der Waals surface area contributed by atoms with Crippen LogP contribution in [0.15, 0.2) is 96.2 Å². The summed E-state index contributed by atoms with van der Waals surface area (Å²) >= 11 is 0. The fourth-order valence-electron chi connectivity index (χ4n) is 4.02. The van der Waals surface area contributed by atoms with Gasteiger partial charge >= 0.3 is 10.4 Å². The molecule has 1 amide bonds. The lowest BCUT2D eigenvalue weighted by molar-refractivity contribution is 0.0951. The van der Waals surface area contributed by atoms with Crippen LogP contribution in [0.3, 0.4) is 0 Å². The third-order valence-electron chi connectivity index (χ3n) is 5.85. The maximum absolute atomic E-state index is 13.6. The van der Waals surface area contributed by atoms with Crippen LogP contribution in [0.5, 0.6) is 0 Å². The number of rotatable bonds is 6. The number of nitrogens with one attached hydrogen (secondary N) is 1. The molecule has 4 aromatic rings. The number of hydrogen-bond acceptors (Lipinski definition) is 3. The molecule has 172 valence electrons. The Morgan fingerprint density at radius 1 is 1.09 bits per heavy atom. The van der Waals surface area contributed by atoms with E-state index in [4.69, 9.17) is 4.74 Å². The fourth-order valence-corrected chi connectivity index (χ4v) is 5.42. The summed E-state index contributed by atoms with van der Waals surface area (Å²) in [6.45, 7) is 0.734. The van der Waals surface area contributed by atoms with E-state index in [2.05, 4.69) is 5.32 Å². The molecule has 2 unspecified atom stereocenters. The van der Waals surface area contributed by atoms with Gasteiger partial charge in [-0.15, -0.1) is 3.97 Å². The number of nitrogens with zero attached hydrogens (tertiary/aromatic N) is 1. The van der Waals surface area contributed by atoms with Gasteiger partial charge in [-0.2, -0.15) is 4.55 Å². The van der Waals surface area contributed by atoms with Crippen molar-refractivity contribution in [2.24, 2.45) is 0 Å². The van der Waals surface area contributed by atoms with Gasteiger partial charge in [0.25, 0.3) is 5.91 Å². The molecule has 2 heterocycles. The second-order valence-corrected chi connectivity index (χ2v) is 9.88. The van der Waals surface area contributed by atoms with E-state index in [1.165, 1.54) is 40.4 Å². The molecule has 6 nitrogen and oxygen atoms in total. The zero-order chi connectivity index (χ0) is 23.7. The number of carbonyl (C=O) groups excluding carboxylic acids is 1. The van der Waals surface area contributed by atoms with E-state index in [1.807, 2.05) is 30.3 Å². The van der Waals surface area contributed by atoms with Gasteiger partial charge in [0, 0.05) is 23.4 Å². The number of ether oxygens (including phenoxy) is 1. The van der Waals surface area contributed by atoms with Crippen molar-refractivity contribution in [3.8, 4) is 0 Å². The highest BCUT2D eigenvalue weighted by atomic mass is 32.3. The third kappa shape index (κ3) is 4.13. The Balaban J connectivity index is 1.39. The maximum Gasteiger partial charge on any atom is 0.352 e. The molecule has 8 heteroatoms. The molecule has 3 aromatic carbocycles. The van der Waals surface area contributed by atoms with E-state index in [9.17, 15) is 17.9 Å². The van der Waals surface area contributed by atoms with E-state index < -0.39 is 10.4 Å². The summed E-state index contributed by atoms with van der Waals surface area (Å²) in [4.78, 5) is 12.7. The number of amides is 1. The molecule has 0 fully saturated rings. The lowest BCUT2D eigenvalue weighted by atomic mass is 10.0. The monoisotopic (exact) mass is 477 g/mol. The summed E-state index contributed by atoms with van der Waals surface area (Å²) in [6, 6.07) is 19.3. The second kappa shape index (κ2) is 8.89. The predicted octanol–water partition coefficient (Wildman–Crippen LogP) is 5.13. The maximum atomic E-state index is 13.6. The van der Waals surface area contributed by atoms with Crippen LogP contribution >= 0.6 is 0 Å². The quantitative estimate of drug-likeness (QED) is 0.377. The fraction of sp³-hybridized carbons (Fsp3) is 0.115. The van der Waals surface area contributed by atoms with Crippen molar-refractivity contribution in [2.45, 2.75) is 17.4 Å². The summed E-state index contributed by atoms with van der Waals surface area (Å²) in [7, 11) is -3.64. The molecule has 0 spiro atoms. The number of halogens is 1. The molecule has 1 aliphatic heterocycles. The molecule has 5 rings (SSSR count). The summed E-state index contributed by atoms with van der Waals surface area (Å²) in [5, 5.41) is 3.65. The highest BCUT2D eigenvalue weighted by molar-refractivity contribution is 7.96. The topological polar surface area (TPSA) is 80.6 Å².